The molecule has 0 saturated heterocycles. The molecule has 3 rings (SSSR count). The van der Waals surface area contributed by atoms with Crippen molar-refractivity contribution in [3.63, 3.8) is 0 Å². The average molecular weight is 331 g/mol. The van der Waals surface area contributed by atoms with E-state index in [4.69, 9.17) is 11.6 Å². The van der Waals surface area contributed by atoms with Crippen LogP contribution in [0.15, 0.2) is 48.2 Å². The summed E-state index contributed by atoms with van der Waals surface area (Å²) >= 11 is 7.36. The Morgan fingerprint density at radius 2 is 2.05 bits per heavy atom. The Kier molecular flexibility index (Phi) is 4.41. The second kappa shape index (κ2) is 6.64. The molecule has 0 bridgehead atoms. The van der Waals surface area contributed by atoms with E-state index in [1.807, 2.05) is 29.6 Å². The van der Waals surface area contributed by atoms with Crippen LogP contribution in [0.3, 0.4) is 0 Å². The lowest BCUT2D eigenvalue weighted by molar-refractivity contribution is 0.0945. The molecule has 1 aromatic carbocycles. The van der Waals surface area contributed by atoms with Gasteiger partial charge in [0.05, 0.1) is 18.4 Å². The third-order valence-electron chi connectivity index (χ3n) is 2.89. The Morgan fingerprint density at radius 1 is 1.23 bits per heavy atom. The predicted octanol–water partition coefficient (Wildman–Crippen LogP) is 3.18. The third kappa shape index (κ3) is 3.47. The van der Waals surface area contributed by atoms with E-state index in [0.717, 1.165) is 16.3 Å². The molecule has 22 heavy (non-hydrogen) atoms. The highest BCUT2D eigenvalue weighted by molar-refractivity contribution is 7.09. The van der Waals surface area contributed by atoms with E-state index in [1.165, 1.54) is 29.9 Å². The standard InChI is InChI=1S/C15H11ClN4OS/c16-11-3-1-10(2-4-11)13-9-22-14(20-13)8-19-15(21)12-7-17-5-6-18-12/h1-7,9H,8H2,(H,19,21). The number of rotatable bonds is 4. The van der Waals surface area contributed by atoms with Crippen molar-refractivity contribution in [1.29, 1.82) is 0 Å². The number of benzene rings is 1. The Morgan fingerprint density at radius 3 is 2.77 bits per heavy atom. The zero-order chi connectivity index (χ0) is 15.4. The maximum absolute atomic E-state index is 11.9. The van der Waals surface area contributed by atoms with Crippen LogP contribution in [-0.4, -0.2) is 20.9 Å². The van der Waals surface area contributed by atoms with Crippen molar-refractivity contribution in [3.8, 4) is 11.3 Å². The second-order valence-corrected chi connectivity index (χ2v) is 5.79. The number of hydrogen-bond donors (Lipinski definition) is 1. The van der Waals surface area contributed by atoms with Gasteiger partial charge in [0, 0.05) is 28.4 Å². The first kappa shape index (κ1) is 14.6. The van der Waals surface area contributed by atoms with Gasteiger partial charge in [-0.25, -0.2) is 9.97 Å². The fourth-order valence-corrected chi connectivity index (χ4v) is 2.68. The number of halogens is 1. The third-order valence-corrected chi connectivity index (χ3v) is 3.99. The summed E-state index contributed by atoms with van der Waals surface area (Å²) < 4.78 is 0. The number of nitrogens with zero attached hydrogens (tertiary/aromatic N) is 3. The minimum absolute atomic E-state index is 0.267. The minimum atomic E-state index is -0.267. The van der Waals surface area contributed by atoms with Gasteiger partial charge in [0.1, 0.15) is 10.7 Å². The fourth-order valence-electron chi connectivity index (χ4n) is 1.81. The summed E-state index contributed by atoms with van der Waals surface area (Å²) in [5, 5.41) is 6.24. The van der Waals surface area contributed by atoms with Gasteiger partial charge in [-0.1, -0.05) is 23.7 Å². The Bertz CT molecular complexity index is 774. The van der Waals surface area contributed by atoms with Crippen LogP contribution in [0.2, 0.25) is 5.02 Å². The normalized spacial score (nSPS) is 10.4. The summed E-state index contributed by atoms with van der Waals surface area (Å²) in [6.45, 7) is 0.355. The van der Waals surface area contributed by atoms with Gasteiger partial charge < -0.3 is 5.32 Å². The quantitative estimate of drug-likeness (QED) is 0.797. The molecule has 7 heteroatoms. The Labute approximate surface area is 136 Å². The van der Waals surface area contributed by atoms with Crippen molar-refractivity contribution < 1.29 is 4.79 Å². The molecule has 2 heterocycles. The van der Waals surface area contributed by atoms with E-state index in [9.17, 15) is 4.79 Å². The topological polar surface area (TPSA) is 67.8 Å². The molecule has 0 fully saturated rings. The second-order valence-electron chi connectivity index (χ2n) is 4.41. The first-order valence-corrected chi connectivity index (χ1v) is 7.73. The highest BCUT2D eigenvalue weighted by atomic mass is 35.5. The molecule has 0 unspecified atom stereocenters. The summed E-state index contributed by atoms with van der Waals surface area (Å²) in [6, 6.07) is 7.48. The lowest BCUT2D eigenvalue weighted by Crippen LogP contribution is -2.23. The highest BCUT2D eigenvalue weighted by Gasteiger charge is 2.09. The molecule has 0 atom stereocenters. The molecule has 1 N–H and O–H groups in total. The van der Waals surface area contributed by atoms with Gasteiger partial charge in [-0.2, -0.15) is 0 Å². The van der Waals surface area contributed by atoms with Crippen LogP contribution in [0.25, 0.3) is 11.3 Å². The van der Waals surface area contributed by atoms with Crippen LogP contribution in [0.4, 0.5) is 0 Å². The predicted molar refractivity (Wildman–Crippen MR) is 85.8 cm³/mol. The van der Waals surface area contributed by atoms with E-state index < -0.39 is 0 Å². The summed E-state index contributed by atoms with van der Waals surface area (Å²) in [4.78, 5) is 24.2. The van der Waals surface area contributed by atoms with Crippen molar-refractivity contribution in [2.75, 3.05) is 0 Å². The molecular weight excluding hydrogens is 320 g/mol. The largest absolute Gasteiger partial charge is 0.344 e. The van der Waals surface area contributed by atoms with Gasteiger partial charge in [-0.15, -0.1) is 11.3 Å². The molecule has 0 aliphatic rings. The zero-order valence-corrected chi connectivity index (χ0v) is 12.9. The van der Waals surface area contributed by atoms with Crippen LogP contribution < -0.4 is 5.32 Å². The van der Waals surface area contributed by atoms with Gasteiger partial charge in [0.25, 0.3) is 5.91 Å². The molecule has 1 amide bonds. The van der Waals surface area contributed by atoms with Crippen molar-refractivity contribution in [2.45, 2.75) is 6.54 Å². The molecule has 2 aromatic heterocycles. The minimum Gasteiger partial charge on any atom is -0.344 e. The average Bonchev–Trinajstić information content (AvgIpc) is 3.03. The highest BCUT2D eigenvalue weighted by Crippen LogP contribution is 2.23. The number of amides is 1. The first-order chi connectivity index (χ1) is 10.7. The SMILES string of the molecule is O=C(NCc1nc(-c2ccc(Cl)cc2)cs1)c1cnccn1. The Balaban J connectivity index is 1.65. The zero-order valence-electron chi connectivity index (χ0n) is 11.4. The van der Waals surface area contributed by atoms with Crippen molar-refractivity contribution in [1.82, 2.24) is 20.3 Å². The molecule has 0 saturated carbocycles. The van der Waals surface area contributed by atoms with Crippen LogP contribution >= 0.6 is 22.9 Å². The van der Waals surface area contributed by atoms with Gasteiger partial charge in [0.2, 0.25) is 0 Å². The smallest absolute Gasteiger partial charge is 0.271 e. The number of nitrogens with one attached hydrogen (secondary N) is 1. The first-order valence-electron chi connectivity index (χ1n) is 6.47. The van der Waals surface area contributed by atoms with E-state index in [1.54, 1.807) is 0 Å². The van der Waals surface area contributed by atoms with Gasteiger partial charge in [-0.05, 0) is 12.1 Å². The maximum Gasteiger partial charge on any atom is 0.271 e. The summed E-state index contributed by atoms with van der Waals surface area (Å²) in [5.74, 6) is -0.267. The molecule has 3 aromatic rings. The Hall–Kier alpha value is -2.31. The lowest BCUT2D eigenvalue weighted by atomic mass is 10.2. The van der Waals surface area contributed by atoms with E-state index in [2.05, 4.69) is 20.3 Å². The van der Waals surface area contributed by atoms with Crippen molar-refractivity contribution >= 4 is 28.8 Å². The lowest BCUT2D eigenvalue weighted by Gasteiger charge is -2.01. The van der Waals surface area contributed by atoms with Gasteiger partial charge >= 0.3 is 0 Å². The van der Waals surface area contributed by atoms with Crippen LogP contribution in [-0.2, 0) is 6.54 Å². The molecule has 0 aliphatic carbocycles. The number of carbonyl (C=O) groups excluding carboxylic acids is 1. The van der Waals surface area contributed by atoms with Crippen molar-refractivity contribution in [2.24, 2.45) is 0 Å². The van der Waals surface area contributed by atoms with Crippen molar-refractivity contribution in [3.05, 3.63) is 64.0 Å². The fraction of sp³-hybridized carbons (Fsp3) is 0.0667. The summed E-state index contributed by atoms with van der Waals surface area (Å²) in [7, 11) is 0. The van der Waals surface area contributed by atoms with Crippen LogP contribution in [0, 0.1) is 0 Å². The van der Waals surface area contributed by atoms with E-state index >= 15 is 0 Å². The van der Waals surface area contributed by atoms with Crippen LogP contribution in [0.5, 0.6) is 0 Å². The molecule has 0 radical (unpaired) electrons. The maximum atomic E-state index is 11.9. The molecular formula is C15H11ClN4OS. The number of thiazole rings is 1. The summed E-state index contributed by atoms with van der Waals surface area (Å²) in [5.41, 5.74) is 2.15. The van der Waals surface area contributed by atoms with E-state index in [0.29, 0.717) is 11.6 Å². The number of hydrogen-bond acceptors (Lipinski definition) is 5. The van der Waals surface area contributed by atoms with Crippen LogP contribution in [0.1, 0.15) is 15.5 Å². The molecule has 5 nitrogen and oxygen atoms in total. The van der Waals surface area contributed by atoms with Gasteiger partial charge in [0.15, 0.2) is 0 Å². The number of carbonyl (C=O) groups is 1. The molecule has 0 spiro atoms. The number of aromatic nitrogens is 3. The molecule has 110 valence electrons. The summed E-state index contributed by atoms with van der Waals surface area (Å²) in [6.07, 6.45) is 4.43. The molecule has 0 aliphatic heterocycles. The van der Waals surface area contributed by atoms with Gasteiger partial charge in [-0.3, -0.25) is 9.78 Å². The monoisotopic (exact) mass is 330 g/mol. The van der Waals surface area contributed by atoms with E-state index in [-0.39, 0.29) is 11.6 Å².